The second-order valence-electron chi connectivity index (χ2n) is 16.8. The van der Waals surface area contributed by atoms with Crippen LogP contribution in [0.3, 0.4) is 0 Å². The zero-order valence-electron chi connectivity index (χ0n) is 36.8. The van der Waals surface area contributed by atoms with Crippen molar-refractivity contribution in [1.82, 2.24) is 14.5 Å². The van der Waals surface area contributed by atoms with Crippen molar-refractivity contribution in [3.05, 3.63) is 224 Å². The molecule has 5 heteroatoms. The molecule has 11 aromatic rings. The third-order valence-corrected chi connectivity index (χ3v) is 11.9. The molecule has 1 radical (unpaired) electrons. The van der Waals surface area contributed by atoms with Crippen molar-refractivity contribution in [2.24, 2.45) is 0 Å². The Morgan fingerprint density at radius 3 is 1.78 bits per heavy atom. The summed E-state index contributed by atoms with van der Waals surface area (Å²) in [5.41, 5.74) is 17.4. The Labute approximate surface area is 394 Å². The molecule has 319 valence electrons. The summed E-state index contributed by atoms with van der Waals surface area (Å²) in [6, 6.07) is 74.2. The van der Waals surface area contributed by atoms with E-state index in [2.05, 4.69) is 189 Å². The molecule has 8 aromatic carbocycles. The van der Waals surface area contributed by atoms with Gasteiger partial charge in [-0.2, -0.15) is 0 Å². The molecule has 0 fully saturated rings. The van der Waals surface area contributed by atoms with E-state index in [0.717, 1.165) is 66.7 Å². The second kappa shape index (κ2) is 18.9. The zero-order valence-corrected chi connectivity index (χ0v) is 39.2. The van der Waals surface area contributed by atoms with Gasteiger partial charge in [-0.25, -0.2) is 0 Å². The van der Waals surface area contributed by atoms with Crippen molar-refractivity contribution in [2.75, 3.05) is 0 Å². The van der Waals surface area contributed by atoms with E-state index in [1.807, 2.05) is 54.6 Å². The van der Waals surface area contributed by atoms with Crippen LogP contribution < -0.4 is 0 Å². The fourth-order valence-corrected chi connectivity index (χ4v) is 8.74. The Morgan fingerprint density at radius 2 is 1.12 bits per heavy atom. The Kier molecular flexibility index (Phi) is 12.5. The molecule has 0 spiro atoms. The second-order valence-corrected chi connectivity index (χ2v) is 16.8. The van der Waals surface area contributed by atoms with Gasteiger partial charge in [0.15, 0.2) is 0 Å². The van der Waals surface area contributed by atoms with Gasteiger partial charge in [0.25, 0.3) is 0 Å². The molecule has 0 saturated heterocycles. The summed E-state index contributed by atoms with van der Waals surface area (Å²) in [7, 11) is 0. The molecule has 0 amide bonds. The maximum absolute atomic E-state index is 6.90. The minimum absolute atomic E-state index is 0. The average molecular weight is 1020 g/mol. The molecule has 4 nitrogen and oxygen atoms in total. The summed E-state index contributed by atoms with van der Waals surface area (Å²) in [4.78, 5) is 9.57. The molecule has 3 heterocycles. The molecule has 0 atom stereocenters. The van der Waals surface area contributed by atoms with Gasteiger partial charge in [0.2, 0.25) is 0 Å². The van der Waals surface area contributed by atoms with Gasteiger partial charge >= 0.3 is 0 Å². The summed E-state index contributed by atoms with van der Waals surface area (Å²) in [6.45, 7) is 9.17. The van der Waals surface area contributed by atoms with E-state index in [1.165, 1.54) is 39.1 Å². The molecule has 0 unspecified atom stereocenters. The number of aromatic nitrogens is 3. The molecule has 0 aliphatic rings. The van der Waals surface area contributed by atoms with Gasteiger partial charge in [-0.05, 0) is 86.8 Å². The van der Waals surface area contributed by atoms with Gasteiger partial charge in [0, 0.05) is 42.9 Å². The van der Waals surface area contributed by atoms with Crippen molar-refractivity contribution < 1.29 is 24.5 Å². The third kappa shape index (κ3) is 8.49. The average Bonchev–Trinajstić information content (AvgIpc) is 3.94. The molecule has 0 aliphatic carbocycles. The third-order valence-electron chi connectivity index (χ3n) is 11.9. The van der Waals surface area contributed by atoms with Crippen LogP contribution in [0.5, 0.6) is 0 Å². The van der Waals surface area contributed by atoms with Crippen LogP contribution in [0.1, 0.15) is 50.7 Å². The number of nitrogens with zero attached hydrogens (tertiary/aromatic N) is 3. The summed E-state index contributed by atoms with van der Waals surface area (Å²) in [5, 5.41) is 2.14. The predicted octanol–water partition coefficient (Wildman–Crippen LogP) is 16.2. The van der Waals surface area contributed by atoms with E-state index in [-0.39, 0.29) is 31.9 Å². The smallest absolute Gasteiger partial charge is 0.128 e. The van der Waals surface area contributed by atoms with Crippen molar-refractivity contribution in [2.45, 2.75) is 39.5 Å². The maximum Gasteiger partial charge on any atom is 0.128 e. The molecular weight excluding hydrogens is 971 g/mol. The summed E-state index contributed by atoms with van der Waals surface area (Å²) in [5.74, 6) is 1.34. The van der Waals surface area contributed by atoms with Gasteiger partial charge in [-0.3, -0.25) is 4.98 Å². The number of fused-ring (bicyclic) bond motifs is 4. The fraction of sp³-hybridized carbons (Fsp3) is 0.100. The molecule has 0 bridgehead atoms. The normalized spacial score (nSPS) is 11.2. The first-order valence-corrected chi connectivity index (χ1v) is 22.0. The monoisotopic (exact) mass is 1020 g/mol. The van der Waals surface area contributed by atoms with Crippen molar-refractivity contribution >= 4 is 33.0 Å². The van der Waals surface area contributed by atoms with E-state index >= 15 is 0 Å². The van der Waals surface area contributed by atoms with Crippen LogP contribution in [0, 0.1) is 12.1 Å². The molecule has 0 saturated carbocycles. The Balaban J connectivity index is 0.000000355. The Morgan fingerprint density at radius 1 is 0.508 bits per heavy atom. The van der Waals surface area contributed by atoms with E-state index in [9.17, 15) is 0 Å². The number of pyridine rings is 1. The quantitative estimate of drug-likeness (QED) is 0.142. The van der Waals surface area contributed by atoms with Crippen molar-refractivity contribution in [1.29, 1.82) is 0 Å². The number of hydrogen-bond donors (Lipinski definition) is 0. The minimum Gasteiger partial charge on any atom is -0.500 e. The molecular formula is C60H47IrN3O-2. The molecule has 3 aromatic heterocycles. The predicted molar refractivity (Wildman–Crippen MR) is 266 cm³/mol. The standard InChI is InChI=1S/C49H39N2O.C11H8N.Ir/c1-31(2)42-29-37(35-27-25-34(26-28-35)33-15-7-5-8-16-33)30-43(32(3)4)46(42)51-45-24-12-11-23-44(45)50-49(51)41-22-14-21-40-39-20-13-19-38(47(39)52-48(40)41)36-17-9-6-10-18-36;1-2-6-10(7-3-1)11-8-4-5-9-12-11;/h5-21,23-32H,1-4H3;1-6,8-9H;/q2*-1;. The van der Waals surface area contributed by atoms with Gasteiger partial charge < -0.3 is 14.0 Å². The number of rotatable bonds is 8. The minimum atomic E-state index is 0. The van der Waals surface area contributed by atoms with Crippen LogP contribution in [0.4, 0.5) is 0 Å². The van der Waals surface area contributed by atoms with E-state index < -0.39 is 0 Å². The number of hydrogen-bond acceptors (Lipinski definition) is 3. The first kappa shape index (κ1) is 43.1. The molecule has 11 rings (SSSR count). The summed E-state index contributed by atoms with van der Waals surface area (Å²) in [6.07, 6.45) is 1.79. The SMILES string of the molecule is CC(C)c1cc(-c2ccc(-c3ccccc3)cc2)cc(C(C)C)c1-n1c(-c2[c-]ccc3c2oc2c(-c4ccccc4)cccc23)nc2ccccc21.[Ir].[c-]1ccccc1-c1ccccn1. The Hall–Kier alpha value is -7.17. The largest absolute Gasteiger partial charge is 0.500 e. The van der Waals surface area contributed by atoms with Crippen LogP contribution in [0.2, 0.25) is 0 Å². The number of imidazole rings is 1. The van der Waals surface area contributed by atoms with E-state index in [4.69, 9.17) is 9.40 Å². The van der Waals surface area contributed by atoms with Crippen molar-refractivity contribution in [3.8, 4) is 61.7 Å². The number of furan rings is 1. The first-order valence-electron chi connectivity index (χ1n) is 22.0. The van der Waals surface area contributed by atoms with Crippen LogP contribution in [-0.2, 0) is 20.1 Å². The fourth-order valence-electron chi connectivity index (χ4n) is 8.74. The van der Waals surface area contributed by atoms with Gasteiger partial charge in [-0.15, -0.1) is 54.1 Å². The maximum atomic E-state index is 6.90. The summed E-state index contributed by atoms with van der Waals surface area (Å²) >= 11 is 0. The topological polar surface area (TPSA) is 43.9 Å². The number of para-hydroxylation sites is 3. The van der Waals surface area contributed by atoms with Gasteiger partial charge in [0.1, 0.15) is 5.58 Å². The van der Waals surface area contributed by atoms with Crippen molar-refractivity contribution in [3.63, 3.8) is 0 Å². The van der Waals surface area contributed by atoms with Crippen LogP contribution in [0.25, 0.3) is 94.7 Å². The molecule has 0 aliphatic heterocycles. The van der Waals surface area contributed by atoms with Crippen LogP contribution >= 0.6 is 0 Å². The van der Waals surface area contributed by atoms with Gasteiger partial charge in [0.05, 0.1) is 22.4 Å². The first-order chi connectivity index (χ1) is 31.4. The van der Waals surface area contributed by atoms with E-state index in [1.54, 1.807) is 6.20 Å². The Bertz CT molecular complexity index is 3290. The molecule has 65 heavy (non-hydrogen) atoms. The van der Waals surface area contributed by atoms with E-state index in [0.29, 0.717) is 0 Å². The van der Waals surface area contributed by atoms with Crippen LogP contribution in [-0.4, -0.2) is 14.5 Å². The van der Waals surface area contributed by atoms with Gasteiger partial charge in [-0.1, -0.05) is 166 Å². The number of benzene rings is 8. The summed E-state index contributed by atoms with van der Waals surface area (Å²) < 4.78 is 9.27. The zero-order chi connectivity index (χ0) is 43.6. The van der Waals surface area contributed by atoms with Crippen LogP contribution in [0.15, 0.2) is 205 Å². The molecule has 0 N–H and O–H groups in total.